The third-order valence-corrected chi connectivity index (χ3v) is 36.7. The van der Waals surface area contributed by atoms with E-state index in [0.29, 0.717) is 87.5 Å². The highest BCUT2D eigenvalue weighted by atomic mass is 16.6. The van der Waals surface area contributed by atoms with E-state index < -0.39 is 43.9 Å². The summed E-state index contributed by atoms with van der Waals surface area (Å²) in [5.74, 6) is 7.25. The molecule has 2 heterocycles. The molecule has 0 aromatic rings. The van der Waals surface area contributed by atoms with Crippen LogP contribution in [0.1, 0.15) is 391 Å². The lowest BCUT2D eigenvalue weighted by Crippen LogP contribution is -2.67. The Kier molecular flexibility index (Phi) is 32.4. The first-order chi connectivity index (χ1) is 60.4. The summed E-state index contributed by atoms with van der Waals surface area (Å²) in [6.45, 7) is 49.5. The fourth-order valence-electron chi connectivity index (χ4n) is 26.4. The molecule has 2 aliphatic heterocycles. The molecule has 19 saturated carbocycles. The molecule has 12 unspecified atom stereocenters. The fourth-order valence-corrected chi connectivity index (χ4v) is 26.4. The highest BCUT2D eigenvalue weighted by Gasteiger charge is 2.68. The van der Waals surface area contributed by atoms with Crippen LogP contribution in [0.5, 0.6) is 0 Å². The van der Waals surface area contributed by atoms with Crippen LogP contribution in [-0.4, -0.2) is 161 Å². The highest BCUT2D eigenvalue weighted by Crippen LogP contribution is 2.67. The van der Waals surface area contributed by atoms with Crippen molar-refractivity contribution in [2.24, 2.45) is 132 Å². The van der Waals surface area contributed by atoms with E-state index in [-0.39, 0.29) is 141 Å². The number of carbonyl (C=O) groups is 10. The van der Waals surface area contributed by atoms with Crippen molar-refractivity contribution in [1.82, 2.24) is 0 Å². The largest absolute Gasteiger partial charge is 0.463 e. The lowest BCUT2D eigenvalue weighted by Gasteiger charge is -2.62. The summed E-state index contributed by atoms with van der Waals surface area (Å²) >= 11 is 0. The number of aliphatic hydroxyl groups is 2. The predicted molar refractivity (Wildman–Crippen MR) is 493 cm³/mol. The fraction of sp³-hybridized carbons (Fsp3) is 0.907. The van der Waals surface area contributed by atoms with Crippen molar-refractivity contribution in [3.05, 3.63) is 0 Å². The summed E-state index contributed by atoms with van der Waals surface area (Å²) in [4.78, 5) is 121. The smallest absolute Gasteiger partial charge is 0.312 e. The lowest BCUT2D eigenvalue weighted by atomic mass is 9.46. The summed E-state index contributed by atoms with van der Waals surface area (Å²) in [7, 11) is 1.62. The van der Waals surface area contributed by atoms with Gasteiger partial charge in [0.25, 0.3) is 0 Å². The Hall–Kier alpha value is -5.26. The number of Topliss-reactive ketones (excluding diaryl/α,β-unsaturated/α-hetero) is 1. The number of esters is 9. The predicted octanol–water partition coefficient (Wildman–Crippen LogP) is 20.4. The molecule has 740 valence electrons. The minimum atomic E-state index is -0.842. The molecule has 21 rings (SSSR count). The van der Waals surface area contributed by atoms with E-state index in [1.54, 1.807) is 7.11 Å². The average molecular weight is 1830 g/mol. The topological polar surface area (TPSA) is 313 Å². The Morgan fingerprint density at radius 1 is 0.392 bits per heavy atom. The van der Waals surface area contributed by atoms with Gasteiger partial charge >= 0.3 is 53.7 Å². The number of hydrogen-bond donors (Lipinski definition) is 2. The zero-order valence-electron chi connectivity index (χ0n) is 85.0. The van der Waals surface area contributed by atoms with Crippen molar-refractivity contribution in [3.8, 4) is 0 Å². The van der Waals surface area contributed by atoms with Gasteiger partial charge < -0.3 is 62.3 Å². The van der Waals surface area contributed by atoms with E-state index in [1.807, 2.05) is 132 Å². The van der Waals surface area contributed by atoms with Crippen molar-refractivity contribution in [2.75, 3.05) is 33.5 Å². The Morgan fingerprint density at radius 2 is 0.823 bits per heavy atom. The molecular weight excluding hydrogens is 1650 g/mol. The van der Waals surface area contributed by atoms with Crippen molar-refractivity contribution in [2.45, 2.75) is 449 Å². The molecule has 0 spiro atoms. The standard InChI is InChI=1S/C19H32O2.C18H30O2.C16H26O4.C16H24O3.C14H20O4.C13H20O4.C11H22O4/c1-6-17(2,3)16(20)21-18(4,5)19-10-13-7-14(11-19)9-15(8-13)12-19;1-5-17(3,4)16(19)20-18(6-2)14-8-12-7-13(10-14)11-15(18)9-12;1-4-13(2,3)12(17)20-16-7-11-5-14(18,9-16)8-15(19,6-11)10-16;1-4-15(2,3)14(18)19-16-7-10-5-11(8-16)13(17)12(6-10)9-16;1-4-14(2,3)13(16)18-10-7-5-8-9(6-7)12(15)17-11(8)10;1-4-13(2,3)12(15)17-9-6-5-8-7-10(9)16-11(8)14;1-5-11(2,3)10(12)15-9-8-14-7-6-13-4/h13-15H,6-12H2,1-5H3;12-15H,5-11H2,1-4H3;11,18-19H,4-10H2,1-3H3;10-12H,4-9H2,1-3H3;7-11H,4-6H2,1-3H3;8-10H,4-7H2,1-3H3;5-9H2,1-4H3. The molecule has 20 bridgehead atoms. The summed E-state index contributed by atoms with van der Waals surface area (Å²) < 4.78 is 61.1. The maximum atomic E-state index is 12.6. The quantitative estimate of drug-likeness (QED) is 0.0417. The number of ketones is 1. The van der Waals surface area contributed by atoms with Crippen molar-refractivity contribution in [1.29, 1.82) is 0 Å². The molecule has 12 atom stereocenters. The summed E-state index contributed by atoms with van der Waals surface area (Å²) in [5.41, 5.74) is -5.76. The van der Waals surface area contributed by atoms with Gasteiger partial charge in [-0.1, -0.05) is 55.4 Å². The molecule has 21 aliphatic rings. The molecule has 0 aromatic carbocycles. The first-order valence-corrected chi connectivity index (χ1v) is 51.4. The van der Waals surface area contributed by atoms with Gasteiger partial charge in [0.15, 0.2) is 0 Å². The normalized spacial score (nSPS) is 37.1. The molecule has 19 aliphatic carbocycles. The van der Waals surface area contributed by atoms with Crippen LogP contribution in [0.2, 0.25) is 0 Å². The molecule has 0 radical (unpaired) electrons. The van der Waals surface area contributed by atoms with Gasteiger partial charge in [0.1, 0.15) is 59.2 Å². The Labute approximate surface area is 780 Å². The molecule has 2 N–H and O–H groups in total. The van der Waals surface area contributed by atoms with Gasteiger partial charge in [-0.15, -0.1) is 0 Å². The molecule has 0 aromatic heterocycles. The number of rotatable bonds is 28. The zero-order valence-corrected chi connectivity index (χ0v) is 85.0. The Morgan fingerprint density at radius 3 is 1.30 bits per heavy atom. The number of fused-ring (bicyclic) bond motifs is 3. The Bertz CT molecular complexity index is 3900. The number of ether oxygens (including phenoxy) is 11. The van der Waals surface area contributed by atoms with Gasteiger partial charge in [-0.25, -0.2) is 0 Å². The molecular formula is C107H174O23. The average Bonchev–Trinajstić information content (AvgIpc) is 0.897. The van der Waals surface area contributed by atoms with Gasteiger partial charge in [0, 0.05) is 61.9 Å². The zero-order chi connectivity index (χ0) is 96.1. The number of carbonyl (C=O) groups excluding carboxylic acids is 10. The number of hydrogen-bond acceptors (Lipinski definition) is 23. The summed E-state index contributed by atoms with van der Waals surface area (Å²) in [6.07, 6.45) is 32.8. The van der Waals surface area contributed by atoms with E-state index in [2.05, 4.69) is 34.6 Å². The van der Waals surface area contributed by atoms with Crippen molar-refractivity contribution >= 4 is 59.5 Å². The molecule has 23 nitrogen and oxygen atoms in total. The van der Waals surface area contributed by atoms with Crippen LogP contribution < -0.4 is 0 Å². The van der Waals surface area contributed by atoms with Gasteiger partial charge in [0.2, 0.25) is 0 Å². The molecule has 23 heteroatoms. The summed E-state index contributed by atoms with van der Waals surface area (Å²) in [5, 5.41) is 21.3. The first-order valence-electron chi connectivity index (χ1n) is 51.4. The second kappa shape index (κ2) is 40.1. The molecule has 21 fully saturated rings. The van der Waals surface area contributed by atoms with Crippen LogP contribution in [0.25, 0.3) is 0 Å². The highest BCUT2D eigenvalue weighted by molar-refractivity contribution is 5.87. The van der Waals surface area contributed by atoms with E-state index >= 15 is 0 Å². The van der Waals surface area contributed by atoms with Gasteiger partial charge in [-0.05, 0) is 363 Å². The van der Waals surface area contributed by atoms with Gasteiger partial charge in [-0.3, -0.25) is 47.9 Å². The SMILES string of the molecule is CCC(C)(C)C(=O)OC(C)(C)C12CC3CC(CC(C3)C1)C2.CCC(C)(C)C(=O)OC1(CC)C2CC3CC(C2)CC1C3.CCC(C)(C)C(=O)OC12CC3CC(C1)C(=O)C(C3)C2.CCC(C)(C)C(=O)OC12CC3CC(O)(CC(O)(C3)C1)C2.CCC(C)(C)C(=O)OC1C2CC3C(=O)OC1C3C2.CCC(C)(C)C(=O)OC1CCC2CC1OC2=O.CCC(C)(C)C(=O)OCCOCCOC. The van der Waals surface area contributed by atoms with E-state index in [4.69, 9.17) is 52.1 Å². The van der Waals surface area contributed by atoms with E-state index in [9.17, 15) is 58.2 Å². The monoisotopic (exact) mass is 1830 g/mol. The summed E-state index contributed by atoms with van der Waals surface area (Å²) in [6, 6.07) is 0. The van der Waals surface area contributed by atoms with Crippen LogP contribution >= 0.6 is 0 Å². The second-order valence-electron chi connectivity index (χ2n) is 49.6. The Balaban J connectivity index is 0.000000147. The van der Waals surface area contributed by atoms with Crippen LogP contribution in [-0.2, 0) is 100 Å². The van der Waals surface area contributed by atoms with Gasteiger partial charge in [0.05, 0.1) is 80.8 Å². The maximum absolute atomic E-state index is 12.6. The minimum absolute atomic E-state index is 0.00857. The first kappa shape index (κ1) is 105. The molecule has 2 saturated heterocycles. The van der Waals surface area contributed by atoms with Crippen molar-refractivity contribution in [3.63, 3.8) is 0 Å². The van der Waals surface area contributed by atoms with Crippen LogP contribution in [0.4, 0.5) is 0 Å². The van der Waals surface area contributed by atoms with Crippen LogP contribution in [0.15, 0.2) is 0 Å². The van der Waals surface area contributed by atoms with Crippen LogP contribution in [0, 0.1) is 132 Å². The minimum Gasteiger partial charge on any atom is -0.463 e. The molecule has 0 amide bonds. The third-order valence-electron chi connectivity index (χ3n) is 36.7. The van der Waals surface area contributed by atoms with E-state index in [0.717, 1.165) is 158 Å². The van der Waals surface area contributed by atoms with Gasteiger partial charge in [-0.2, -0.15) is 0 Å². The third kappa shape index (κ3) is 22.9. The maximum Gasteiger partial charge on any atom is 0.312 e. The lowest BCUT2D eigenvalue weighted by molar-refractivity contribution is -0.264. The number of methoxy groups -OCH3 is 1. The van der Waals surface area contributed by atoms with E-state index in [1.165, 1.54) is 70.6 Å². The van der Waals surface area contributed by atoms with Crippen LogP contribution in [0.3, 0.4) is 0 Å². The second-order valence-corrected chi connectivity index (χ2v) is 49.6. The molecule has 130 heavy (non-hydrogen) atoms. The van der Waals surface area contributed by atoms with Crippen molar-refractivity contribution < 1.29 is 110 Å².